The number of benzene rings is 2. The molecular formula is C19H26N4. The number of anilines is 3. The molecule has 3 rings (SSSR count). The van der Waals surface area contributed by atoms with Gasteiger partial charge in [0.05, 0.1) is 0 Å². The van der Waals surface area contributed by atoms with Crippen LogP contribution in [0.15, 0.2) is 48.5 Å². The van der Waals surface area contributed by atoms with Gasteiger partial charge in [0.1, 0.15) is 0 Å². The van der Waals surface area contributed by atoms with Crippen LogP contribution in [0.3, 0.4) is 0 Å². The van der Waals surface area contributed by atoms with E-state index in [1.54, 1.807) is 0 Å². The molecule has 1 saturated heterocycles. The van der Waals surface area contributed by atoms with Gasteiger partial charge in [-0.1, -0.05) is 12.1 Å². The second-order valence-corrected chi connectivity index (χ2v) is 6.30. The summed E-state index contributed by atoms with van der Waals surface area (Å²) in [4.78, 5) is 2.44. The average molecular weight is 310 g/mol. The van der Waals surface area contributed by atoms with E-state index in [2.05, 4.69) is 34.5 Å². The van der Waals surface area contributed by atoms with Crippen molar-refractivity contribution in [1.29, 1.82) is 0 Å². The van der Waals surface area contributed by atoms with E-state index in [4.69, 9.17) is 11.5 Å². The SMILES string of the molecule is Nc1ccc(CCNC2CCN(c3ccc(N)cc3)CC2)cc1. The smallest absolute Gasteiger partial charge is 0.0367 e. The summed E-state index contributed by atoms with van der Waals surface area (Å²) in [7, 11) is 0. The van der Waals surface area contributed by atoms with Gasteiger partial charge in [0.15, 0.2) is 0 Å². The van der Waals surface area contributed by atoms with Crippen LogP contribution in [0, 0.1) is 0 Å². The highest BCUT2D eigenvalue weighted by Crippen LogP contribution is 2.21. The molecule has 1 fully saturated rings. The van der Waals surface area contributed by atoms with Crippen LogP contribution in [0.5, 0.6) is 0 Å². The lowest BCUT2D eigenvalue weighted by atomic mass is 10.0. The summed E-state index contributed by atoms with van der Waals surface area (Å²) in [6, 6.07) is 17.0. The van der Waals surface area contributed by atoms with Crippen molar-refractivity contribution in [3.05, 3.63) is 54.1 Å². The molecule has 1 aliphatic heterocycles. The summed E-state index contributed by atoms with van der Waals surface area (Å²) in [6.07, 6.45) is 3.43. The van der Waals surface area contributed by atoms with Crippen molar-refractivity contribution in [2.24, 2.45) is 0 Å². The largest absolute Gasteiger partial charge is 0.399 e. The van der Waals surface area contributed by atoms with Gasteiger partial charge in [0.2, 0.25) is 0 Å². The summed E-state index contributed by atoms with van der Waals surface area (Å²) in [5.41, 5.74) is 15.7. The molecule has 2 aromatic rings. The molecule has 0 aromatic heterocycles. The zero-order valence-corrected chi connectivity index (χ0v) is 13.5. The summed E-state index contributed by atoms with van der Waals surface area (Å²) < 4.78 is 0. The summed E-state index contributed by atoms with van der Waals surface area (Å²) in [5.74, 6) is 0. The molecule has 1 heterocycles. The minimum absolute atomic E-state index is 0.619. The lowest BCUT2D eigenvalue weighted by Gasteiger charge is -2.34. The lowest BCUT2D eigenvalue weighted by Crippen LogP contribution is -2.43. The average Bonchev–Trinajstić information content (AvgIpc) is 2.58. The van der Waals surface area contributed by atoms with Crippen LogP contribution < -0.4 is 21.7 Å². The van der Waals surface area contributed by atoms with Crippen LogP contribution >= 0.6 is 0 Å². The van der Waals surface area contributed by atoms with Crippen LogP contribution in [-0.2, 0) is 6.42 Å². The highest BCUT2D eigenvalue weighted by Gasteiger charge is 2.18. The van der Waals surface area contributed by atoms with Gasteiger partial charge in [-0.15, -0.1) is 0 Å². The first-order valence-electron chi connectivity index (χ1n) is 8.39. The number of nitrogen functional groups attached to an aromatic ring is 2. The first kappa shape index (κ1) is 15.7. The number of rotatable bonds is 5. The van der Waals surface area contributed by atoms with Crippen LogP contribution in [0.1, 0.15) is 18.4 Å². The highest BCUT2D eigenvalue weighted by atomic mass is 15.1. The molecule has 2 aromatic carbocycles. The Morgan fingerprint density at radius 2 is 1.43 bits per heavy atom. The van der Waals surface area contributed by atoms with Gasteiger partial charge in [-0.25, -0.2) is 0 Å². The molecule has 23 heavy (non-hydrogen) atoms. The van der Waals surface area contributed by atoms with Gasteiger partial charge < -0.3 is 21.7 Å². The fraction of sp³-hybridized carbons (Fsp3) is 0.368. The Balaban J connectivity index is 1.40. The zero-order chi connectivity index (χ0) is 16.1. The van der Waals surface area contributed by atoms with Gasteiger partial charge >= 0.3 is 0 Å². The Kier molecular flexibility index (Phi) is 5.03. The molecule has 0 atom stereocenters. The number of nitrogens with two attached hydrogens (primary N) is 2. The Hall–Kier alpha value is -2.20. The number of hydrogen-bond acceptors (Lipinski definition) is 4. The maximum Gasteiger partial charge on any atom is 0.0367 e. The van der Waals surface area contributed by atoms with E-state index in [0.717, 1.165) is 37.4 Å². The van der Waals surface area contributed by atoms with E-state index >= 15 is 0 Å². The van der Waals surface area contributed by atoms with Crippen molar-refractivity contribution in [3.8, 4) is 0 Å². The first-order valence-corrected chi connectivity index (χ1v) is 8.39. The monoisotopic (exact) mass is 310 g/mol. The summed E-state index contributed by atoms with van der Waals surface area (Å²) >= 11 is 0. The molecular weight excluding hydrogens is 284 g/mol. The van der Waals surface area contributed by atoms with Gasteiger partial charge in [-0.05, 0) is 67.8 Å². The molecule has 5 N–H and O–H groups in total. The standard InChI is InChI=1S/C19H26N4/c20-16-3-1-15(2-4-16)9-12-22-18-10-13-23(14-11-18)19-7-5-17(21)6-8-19/h1-8,18,22H,9-14,20-21H2. The third kappa shape index (κ3) is 4.39. The Labute approximate surface area is 138 Å². The molecule has 4 nitrogen and oxygen atoms in total. The fourth-order valence-corrected chi connectivity index (χ4v) is 3.13. The van der Waals surface area contributed by atoms with Crippen LogP contribution in [0.4, 0.5) is 17.1 Å². The Bertz CT molecular complexity index is 596. The number of piperidine rings is 1. The molecule has 4 heteroatoms. The number of nitrogens with zero attached hydrogens (tertiary/aromatic N) is 1. The normalized spacial score (nSPS) is 15.7. The van der Waals surface area contributed by atoms with E-state index in [1.807, 2.05) is 24.3 Å². The van der Waals surface area contributed by atoms with E-state index < -0.39 is 0 Å². The molecule has 0 amide bonds. The molecule has 0 unspecified atom stereocenters. The van der Waals surface area contributed by atoms with Crippen molar-refractivity contribution >= 4 is 17.1 Å². The third-order valence-corrected chi connectivity index (χ3v) is 4.58. The second-order valence-electron chi connectivity index (χ2n) is 6.30. The van der Waals surface area contributed by atoms with E-state index in [1.165, 1.54) is 24.1 Å². The van der Waals surface area contributed by atoms with Crippen LogP contribution in [-0.4, -0.2) is 25.7 Å². The van der Waals surface area contributed by atoms with Gasteiger partial charge in [-0.2, -0.15) is 0 Å². The lowest BCUT2D eigenvalue weighted by molar-refractivity contribution is 0.417. The highest BCUT2D eigenvalue weighted by molar-refractivity contribution is 5.53. The van der Waals surface area contributed by atoms with E-state index in [9.17, 15) is 0 Å². The topological polar surface area (TPSA) is 67.3 Å². The second kappa shape index (κ2) is 7.38. The zero-order valence-electron chi connectivity index (χ0n) is 13.5. The quantitative estimate of drug-likeness (QED) is 0.743. The van der Waals surface area contributed by atoms with Crippen molar-refractivity contribution < 1.29 is 0 Å². The van der Waals surface area contributed by atoms with E-state index in [0.29, 0.717) is 6.04 Å². The summed E-state index contributed by atoms with van der Waals surface area (Å²) in [5, 5.41) is 3.69. The number of hydrogen-bond donors (Lipinski definition) is 3. The molecule has 0 saturated carbocycles. The Morgan fingerprint density at radius 1 is 0.870 bits per heavy atom. The molecule has 0 aliphatic carbocycles. The molecule has 0 spiro atoms. The predicted octanol–water partition coefficient (Wildman–Crippen LogP) is 2.65. The third-order valence-electron chi connectivity index (χ3n) is 4.58. The maximum atomic E-state index is 5.75. The molecule has 1 aliphatic rings. The van der Waals surface area contributed by atoms with Crippen LogP contribution in [0.2, 0.25) is 0 Å². The minimum atomic E-state index is 0.619. The van der Waals surface area contributed by atoms with Crippen molar-refractivity contribution in [2.45, 2.75) is 25.3 Å². The predicted molar refractivity (Wildman–Crippen MR) is 98.7 cm³/mol. The van der Waals surface area contributed by atoms with E-state index in [-0.39, 0.29) is 0 Å². The Morgan fingerprint density at radius 3 is 2.04 bits per heavy atom. The molecule has 0 radical (unpaired) electrons. The van der Waals surface area contributed by atoms with Gasteiger partial charge in [-0.3, -0.25) is 0 Å². The van der Waals surface area contributed by atoms with Crippen molar-refractivity contribution in [3.63, 3.8) is 0 Å². The van der Waals surface area contributed by atoms with Gasteiger partial charge in [0.25, 0.3) is 0 Å². The van der Waals surface area contributed by atoms with Crippen molar-refractivity contribution in [2.75, 3.05) is 36.0 Å². The fourth-order valence-electron chi connectivity index (χ4n) is 3.13. The summed E-state index contributed by atoms with van der Waals surface area (Å²) in [6.45, 7) is 3.23. The maximum absolute atomic E-state index is 5.75. The van der Waals surface area contributed by atoms with Gasteiger partial charge in [0, 0.05) is 36.2 Å². The van der Waals surface area contributed by atoms with Crippen molar-refractivity contribution in [1.82, 2.24) is 5.32 Å². The minimum Gasteiger partial charge on any atom is -0.399 e. The number of nitrogens with one attached hydrogen (secondary N) is 1. The molecule has 0 bridgehead atoms. The molecule has 122 valence electrons. The van der Waals surface area contributed by atoms with Crippen LogP contribution in [0.25, 0.3) is 0 Å². The first-order chi connectivity index (χ1) is 11.2.